The number of hydrogen-bond donors (Lipinski definition) is 1. The predicted molar refractivity (Wildman–Crippen MR) is 79.0 cm³/mol. The Labute approximate surface area is 116 Å². The topological polar surface area (TPSA) is 15.3 Å². The fourth-order valence-corrected chi connectivity index (χ4v) is 3.56. The number of rotatable bonds is 5. The molecule has 1 fully saturated rings. The van der Waals surface area contributed by atoms with E-state index in [1.807, 2.05) is 11.3 Å². The Kier molecular flexibility index (Phi) is 5.06. The van der Waals surface area contributed by atoms with E-state index in [0.29, 0.717) is 6.04 Å². The standard InChI is InChI=1S/C12H19IN2S/c1-10(8-15-4-2-3-5-15)14-7-11-6-12(13)16-9-11/h6,9-10,14H,2-5,7-8H2,1H3. The molecule has 1 unspecified atom stereocenters. The van der Waals surface area contributed by atoms with Gasteiger partial charge < -0.3 is 10.2 Å². The van der Waals surface area contributed by atoms with Crippen molar-refractivity contribution in [3.05, 3.63) is 19.9 Å². The van der Waals surface area contributed by atoms with E-state index in [2.05, 4.69) is 51.2 Å². The molecule has 1 N–H and O–H groups in total. The van der Waals surface area contributed by atoms with Crippen molar-refractivity contribution in [2.24, 2.45) is 0 Å². The SMILES string of the molecule is CC(CN1CCCC1)NCc1csc(I)c1. The van der Waals surface area contributed by atoms with Gasteiger partial charge in [-0.05, 0) is 72.5 Å². The average Bonchev–Trinajstić information content (AvgIpc) is 2.87. The van der Waals surface area contributed by atoms with E-state index in [1.165, 1.54) is 40.9 Å². The van der Waals surface area contributed by atoms with Gasteiger partial charge in [-0.2, -0.15) is 0 Å². The summed E-state index contributed by atoms with van der Waals surface area (Å²) in [5, 5.41) is 5.85. The second-order valence-corrected chi connectivity index (χ2v) is 7.35. The Morgan fingerprint density at radius 3 is 2.88 bits per heavy atom. The average molecular weight is 350 g/mol. The molecule has 2 nitrogen and oxygen atoms in total. The van der Waals surface area contributed by atoms with E-state index in [9.17, 15) is 0 Å². The third kappa shape index (κ3) is 3.98. The highest BCUT2D eigenvalue weighted by molar-refractivity contribution is 14.1. The molecule has 1 aromatic heterocycles. The van der Waals surface area contributed by atoms with Crippen molar-refractivity contribution in [1.82, 2.24) is 10.2 Å². The van der Waals surface area contributed by atoms with Crippen LogP contribution in [-0.4, -0.2) is 30.6 Å². The summed E-state index contributed by atoms with van der Waals surface area (Å²) in [6.07, 6.45) is 2.77. The lowest BCUT2D eigenvalue weighted by Gasteiger charge is -2.21. The van der Waals surface area contributed by atoms with Gasteiger partial charge in [0.15, 0.2) is 0 Å². The minimum Gasteiger partial charge on any atom is -0.309 e. The van der Waals surface area contributed by atoms with Gasteiger partial charge in [0.25, 0.3) is 0 Å². The van der Waals surface area contributed by atoms with Crippen molar-refractivity contribution in [2.45, 2.75) is 32.4 Å². The predicted octanol–water partition coefficient (Wildman–Crippen LogP) is 2.93. The van der Waals surface area contributed by atoms with Crippen LogP contribution in [0.2, 0.25) is 0 Å². The molecule has 1 atom stereocenters. The van der Waals surface area contributed by atoms with Crippen LogP contribution in [0.5, 0.6) is 0 Å². The number of nitrogens with one attached hydrogen (secondary N) is 1. The fraction of sp³-hybridized carbons (Fsp3) is 0.667. The molecule has 4 heteroatoms. The van der Waals surface area contributed by atoms with Gasteiger partial charge in [-0.25, -0.2) is 0 Å². The summed E-state index contributed by atoms with van der Waals surface area (Å²) < 4.78 is 1.38. The second-order valence-electron chi connectivity index (χ2n) is 4.55. The van der Waals surface area contributed by atoms with Gasteiger partial charge >= 0.3 is 0 Å². The molecule has 1 aromatic rings. The molecular weight excluding hydrogens is 331 g/mol. The van der Waals surface area contributed by atoms with E-state index in [1.54, 1.807) is 0 Å². The molecular formula is C12H19IN2S. The first-order valence-corrected chi connectivity index (χ1v) is 7.88. The molecule has 2 rings (SSSR count). The van der Waals surface area contributed by atoms with Crippen molar-refractivity contribution >= 4 is 33.9 Å². The molecule has 90 valence electrons. The summed E-state index contributed by atoms with van der Waals surface area (Å²) >= 11 is 4.21. The molecule has 0 aromatic carbocycles. The van der Waals surface area contributed by atoms with Gasteiger partial charge in [0.1, 0.15) is 0 Å². The Bertz CT molecular complexity index is 321. The van der Waals surface area contributed by atoms with Crippen LogP contribution >= 0.6 is 33.9 Å². The maximum atomic E-state index is 3.60. The van der Waals surface area contributed by atoms with E-state index in [0.717, 1.165) is 6.54 Å². The zero-order valence-electron chi connectivity index (χ0n) is 9.71. The van der Waals surface area contributed by atoms with Crippen molar-refractivity contribution in [3.8, 4) is 0 Å². The van der Waals surface area contributed by atoms with Crippen LogP contribution in [0.25, 0.3) is 0 Å². The molecule has 0 saturated carbocycles. The van der Waals surface area contributed by atoms with Gasteiger partial charge in [0, 0.05) is 19.1 Å². The molecule has 1 aliphatic heterocycles. The maximum Gasteiger partial charge on any atom is 0.0656 e. The van der Waals surface area contributed by atoms with E-state index in [4.69, 9.17) is 0 Å². The smallest absolute Gasteiger partial charge is 0.0656 e. The minimum absolute atomic E-state index is 0.593. The van der Waals surface area contributed by atoms with Crippen LogP contribution in [0.4, 0.5) is 0 Å². The highest BCUT2D eigenvalue weighted by Gasteiger charge is 2.14. The van der Waals surface area contributed by atoms with Crippen LogP contribution in [-0.2, 0) is 6.54 Å². The van der Waals surface area contributed by atoms with Crippen molar-refractivity contribution in [1.29, 1.82) is 0 Å². The summed E-state index contributed by atoms with van der Waals surface area (Å²) in [6, 6.07) is 2.86. The van der Waals surface area contributed by atoms with E-state index >= 15 is 0 Å². The zero-order valence-corrected chi connectivity index (χ0v) is 12.7. The Morgan fingerprint density at radius 2 is 2.25 bits per heavy atom. The van der Waals surface area contributed by atoms with E-state index in [-0.39, 0.29) is 0 Å². The Morgan fingerprint density at radius 1 is 1.50 bits per heavy atom. The summed E-state index contributed by atoms with van der Waals surface area (Å²) in [7, 11) is 0. The maximum absolute atomic E-state index is 3.60. The Hall–Kier alpha value is 0.350. The number of thiophene rings is 1. The highest BCUT2D eigenvalue weighted by Crippen LogP contribution is 2.16. The molecule has 0 bridgehead atoms. The number of nitrogens with zero attached hydrogens (tertiary/aromatic N) is 1. The molecule has 0 spiro atoms. The molecule has 16 heavy (non-hydrogen) atoms. The number of halogens is 1. The zero-order chi connectivity index (χ0) is 11.4. The first-order valence-electron chi connectivity index (χ1n) is 5.92. The van der Waals surface area contributed by atoms with Gasteiger partial charge in [0.2, 0.25) is 0 Å². The molecule has 0 aliphatic carbocycles. The monoisotopic (exact) mass is 350 g/mol. The largest absolute Gasteiger partial charge is 0.309 e. The quantitative estimate of drug-likeness (QED) is 0.822. The molecule has 1 saturated heterocycles. The van der Waals surface area contributed by atoms with Gasteiger partial charge in [-0.1, -0.05) is 0 Å². The highest BCUT2D eigenvalue weighted by atomic mass is 127. The molecule has 0 amide bonds. The lowest BCUT2D eigenvalue weighted by Crippen LogP contribution is -2.37. The van der Waals surface area contributed by atoms with Crippen molar-refractivity contribution < 1.29 is 0 Å². The number of likely N-dealkylation sites (tertiary alicyclic amines) is 1. The van der Waals surface area contributed by atoms with Crippen LogP contribution in [0.1, 0.15) is 25.3 Å². The lowest BCUT2D eigenvalue weighted by molar-refractivity contribution is 0.298. The fourth-order valence-electron chi connectivity index (χ4n) is 2.15. The van der Waals surface area contributed by atoms with Crippen molar-refractivity contribution in [3.63, 3.8) is 0 Å². The summed E-state index contributed by atoms with van der Waals surface area (Å²) in [5.41, 5.74) is 1.42. The van der Waals surface area contributed by atoms with Crippen LogP contribution < -0.4 is 5.32 Å². The lowest BCUT2D eigenvalue weighted by atomic mass is 10.2. The minimum atomic E-state index is 0.593. The van der Waals surface area contributed by atoms with Crippen LogP contribution in [0.3, 0.4) is 0 Å². The first kappa shape index (κ1) is 12.8. The molecule has 1 aliphatic rings. The van der Waals surface area contributed by atoms with E-state index < -0.39 is 0 Å². The second kappa shape index (κ2) is 6.33. The first-order chi connectivity index (χ1) is 7.74. The van der Waals surface area contributed by atoms with Gasteiger partial charge in [-0.15, -0.1) is 11.3 Å². The summed E-state index contributed by atoms with van der Waals surface area (Å²) in [5.74, 6) is 0. The van der Waals surface area contributed by atoms with Gasteiger partial charge in [-0.3, -0.25) is 0 Å². The third-order valence-electron chi connectivity index (χ3n) is 3.01. The van der Waals surface area contributed by atoms with Gasteiger partial charge in [0.05, 0.1) is 2.88 Å². The molecule has 2 heterocycles. The van der Waals surface area contributed by atoms with Crippen LogP contribution in [0.15, 0.2) is 11.4 Å². The third-order valence-corrected chi connectivity index (χ3v) is 4.84. The Balaban J connectivity index is 1.68. The normalized spacial score (nSPS) is 19.1. The number of hydrogen-bond acceptors (Lipinski definition) is 3. The molecule has 0 radical (unpaired) electrons. The summed E-state index contributed by atoms with van der Waals surface area (Å²) in [4.78, 5) is 2.56. The summed E-state index contributed by atoms with van der Waals surface area (Å²) in [6.45, 7) is 7.08. The van der Waals surface area contributed by atoms with Crippen LogP contribution in [0, 0.1) is 2.88 Å². The van der Waals surface area contributed by atoms with Crippen molar-refractivity contribution in [2.75, 3.05) is 19.6 Å².